The lowest BCUT2D eigenvalue weighted by Gasteiger charge is -2.18. The van der Waals surface area contributed by atoms with Crippen molar-refractivity contribution in [2.75, 3.05) is 0 Å². The number of hydrogen-bond donors (Lipinski definition) is 3. The number of amides is 1. The van der Waals surface area contributed by atoms with Crippen molar-refractivity contribution in [1.29, 1.82) is 0 Å². The molecule has 5 heteroatoms. The van der Waals surface area contributed by atoms with Gasteiger partial charge in [0, 0.05) is 5.56 Å². The normalized spacial score (nSPS) is 11.7. The highest BCUT2D eigenvalue weighted by Crippen LogP contribution is 2.22. The first-order valence-corrected chi connectivity index (χ1v) is 6.16. The second-order valence-corrected chi connectivity index (χ2v) is 4.22. The van der Waals surface area contributed by atoms with Gasteiger partial charge in [-0.15, -0.1) is 0 Å². The summed E-state index contributed by atoms with van der Waals surface area (Å²) in [5.74, 6) is 5.30. The van der Waals surface area contributed by atoms with Crippen LogP contribution in [-0.4, -0.2) is 11.0 Å². The minimum Gasteiger partial charge on any atom is -0.476 e. The van der Waals surface area contributed by atoms with Crippen LogP contribution < -0.4 is 16.0 Å². The standard InChI is InChI=1S/C15H16N2O3/c16-17-15(19)14(12-4-2-1-3-5-12)20-13-8-6-11(10-18)7-9-13/h1-9,14,18H,10,16H2,(H,17,19). The predicted octanol–water partition coefficient (Wildman–Crippen LogP) is 1.29. The van der Waals surface area contributed by atoms with Gasteiger partial charge >= 0.3 is 0 Å². The largest absolute Gasteiger partial charge is 0.476 e. The van der Waals surface area contributed by atoms with Crippen molar-refractivity contribution in [1.82, 2.24) is 5.43 Å². The fraction of sp³-hybridized carbons (Fsp3) is 0.133. The Kier molecular flexibility index (Phi) is 4.70. The monoisotopic (exact) mass is 272 g/mol. The zero-order valence-corrected chi connectivity index (χ0v) is 10.8. The van der Waals surface area contributed by atoms with Gasteiger partial charge < -0.3 is 9.84 Å². The summed E-state index contributed by atoms with van der Waals surface area (Å²) >= 11 is 0. The molecule has 0 saturated heterocycles. The number of ether oxygens (including phenoxy) is 1. The van der Waals surface area contributed by atoms with E-state index in [2.05, 4.69) is 5.43 Å². The van der Waals surface area contributed by atoms with E-state index in [4.69, 9.17) is 15.7 Å². The second kappa shape index (κ2) is 6.70. The summed E-state index contributed by atoms with van der Waals surface area (Å²) in [6.45, 7) is -0.0360. The van der Waals surface area contributed by atoms with Crippen molar-refractivity contribution in [3.05, 3.63) is 65.7 Å². The van der Waals surface area contributed by atoms with Crippen molar-refractivity contribution in [3.8, 4) is 5.75 Å². The van der Waals surface area contributed by atoms with Crippen LogP contribution in [0.3, 0.4) is 0 Å². The molecule has 0 aliphatic carbocycles. The Balaban J connectivity index is 2.21. The maximum Gasteiger partial charge on any atom is 0.279 e. The molecule has 2 aromatic carbocycles. The van der Waals surface area contributed by atoms with Gasteiger partial charge in [-0.05, 0) is 17.7 Å². The van der Waals surface area contributed by atoms with Gasteiger partial charge in [0.05, 0.1) is 6.61 Å². The average Bonchev–Trinajstić information content (AvgIpc) is 2.53. The molecule has 0 aliphatic heterocycles. The summed E-state index contributed by atoms with van der Waals surface area (Å²) in [6.07, 6.45) is -0.818. The topological polar surface area (TPSA) is 84.6 Å². The highest BCUT2D eigenvalue weighted by Gasteiger charge is 2.21. The Morgan fingerprint density at radius 3 is 2.35 bits per heavy atom. The van der Waals surface area contributed by atoms with E-state index in [-0.39, 0.29) is 6.61 Å². The zero-order valence-electron chi connectivity index (χ0n) is 10.8. The van der Waals surface area contributed by atoms with E-state index >= 15 is 0 Å². The quantitative estimate of drug-likeness (QED) is 0.435. The van der Waals surface area contributed by atoms with Gasteiger partial charge in [-0.3, -0.25) is 10.2 Å². The van der Waals surface area contributed by atoms with Crippen molar-refractivity contribution >= 4 is 5.91 Å². The lowest BCUT2D eigenvalue weighted by atomic mass is 10.1. The first kappa shape index (κ1) is 14.0. The van der Waals surface area contributed by atoms with E-state index in [1.165, 1.54) is 0 Å². The van der Waals surface area contributed by atoms with Crippen LogP contribution in [0.5, 0.6) is 5.75 Å². The van der Waals surface area contributed by atoms with Crippen LogP contribution in [0, 0.1) is 0 Å². The van der Waals surface area contributed by atoms with Crippen molar-refractivity contribution in [2.45, 2.75) is 12.7 Å². The fourth-order valence-electron chi connectivity index (χ4n) is 1.79. The third-order valence-corrected chi connectivity index (χ3v) is 2.84. The number of hydrogen-bond acceptors (Lipinski definition) is 4. The molecule has 2 rings (SSSR count). The molecule has 20 heavy (non-hydrogen) atoms. The molecule has 0 aliphatic rings. The first-order chi connectivity index (χ1) is 9.74. The van der Waals surface area contributed by atoms with E-state index in [0.29, 0.717) is 11.3 Å². The molecular formula is C15H16N2O3. The number of nitrogens with one attached hydrogen (secondary N) is 1. The smallest absolute Gasteiger partial charge is 0.279 e. The lowest BCUT2D eigenvalue weighted by Crippen LogP contribution is -2.37. The summed E-state index contributed by atoms with van der Waals surface area (Å²) in [6, 6.07) is 16.0. The number of nitrogens with two attached hydrogens (primary N) is 1. The third kappa shape index (κ3) is 3.34. The Hall–Kier alpha value is -2.37. The molecule has 104 valence electrons. The molecule has 4 N–H and O–H groups in total. The minimum absolute atomic E-state index is 0.0360. The van der Waals surface area contributed by atoms with Crippen LogP contribution in [0.1, 0.15) is 17.2 Å². The van der Waals surface area contributed by atoms with Crippen LogP contribution in [0.2, 0.25) is 0 Å². The van der Waals surface area contributed by atoms with E-state index < -0.39 is 12.0 Å². The molecular weight excluding hydrogens is 256 g/mol. The van der Waals surface area contributed by atoms with Crippen LogP contribution in [0.4, 0.5) is 0 Å². The summed E-state index contributed by atoms with van der Waals surface area (Å²) in [5, 5.41) is 8.99. The van der Waals surface area contributed by atoms with Gasteiger partial charge in [-0.1, -0.05) is 42.5 Å². The van der Waals surface area contributed by atoms with Crippen molar-refractivity contribution < 1.29 is 14.6 Å². The molecule has 2 aromatic rings. The van der Waals surface area contributed by atoms with Gasteiger partial charge in [0.25, 0.3) is 5.91 Å². The number of benzene rings is 2. The summed E-state index contributed by atoms with van der Waals surface area (Å²) in [4.78, 5) is 11.8. The minimum atomic E-state index is -0.818. The Morgan fingerprint density at radius 2 is 1.80 bits per heavy atom. The second-order valence-electron chi connectivity index (χ2n) is 4.22. The maximum absolute atomic E-state index is 11.8. The zero-order chi connectivity index (χ0) is 14.4. The number of rotatable bonds is 5. The molecule has 0 bridgehead atoms. The highest BCUT2D eigenvalue weighted by molar-refractivity contribution is 5.82. The molecule has 0 fully saturated rings. The highest BCUT2D eigenvalue weighted by atomic mass is 16.5. The Bertz CT molecular complexity index is 555. The first-order valence-electron chi connectivity index (χ1n) is 6.16. The number of hydrazine groups is 1. The third-order valence-electron chi connectivity index (χ3n) is 2.84. The Labute approximate surface area is 117 Å². The molecule has 0 radical (unpaired) electrons. The summed E-state index contributed by atoms with van der Waals surface area (Å²) < 4.78 is 5.68. The molecule has 1 unspecified atom stereocenters. The average molecular weight is 272 g/mol. The SMILES string of the molecule is NNC(=O)C(Oc1ccc(CO)cc1)c1ccccc1. The fourth-order valence-corrected chi connectivity index (χ4v) is 1.79. The van der Waals surface area contributed by atoms with Gasteiger partial charge in [0.15, 0.2) is 0 Å². The van der Waals surface area contributed by atoms with Gasteiger partial charge in [0.2, 0.25) is 6.10 Å². The molecule has 1 amide bonds. The molecule has 5 nitrogen and oxygen atoms in total. The number of aliphatic hydroxyl groups excluding tert-OH is 1. The maximum atomic E-state index is 11.8. The summed E-state index contributed by atoms with van der Waals surface area (Å²) in [7, 11) is 0. The van der Waals surface area contributed by atoms with E-state index in [1.54, 1.807) is 36.4 Å². The van der Waals surface area contributed by atoms with Crippen molar-refractivity contribution in [3.63, 3.8) is 0 Å². The van der Waals surface area contributed by atoms with E-state index in [1.807, 2.05) is 18.2 Å². The Morgan fingerprint density at radius 1 is 1.15 bits per heavy atom. The lowest BCUT2D eigenvalue weighted by molar-refractivity contribution is -0.128. The number of carbonyl (C=O) groups is 1. The number of aliphatic hydroxyl groups is 1. The molecule has 0 spiro atoms. The molecule has 0 heterocycles. The molecule has 0 aromatic heterocycles. The van der Waals surface area contributed by atoms with Gasteiger partial charge in [-0.2, -0.15) is 0 Å². The van der Waals surface area contributed by atoms with Crippen LogP contribution in [-0.2, 0) is 11.4 Å². The summed E-state index contributed by atoms with van der Waals surface area (Å²) in [5.41, 5.74) is 3.59. The van der Waals surface area contributed by atoms with Crippen LogP contribution in [0.15, 0.2) is 54.6 Å². The molecule has 0 saturated carbocycles. The van der Waals surface area contributed by atoms with Gasteiger partial charge in [0.1, 0.15) is 5.75 Å². The van der Waals surface area contributed by atoms with Crippen LogP contribution in [0.25, 0.3) is 0 Å². The van der Waals surface area contributed by atoms with Crippen molar-refractivity contribution in [2.24, 2.45) is 5.84 Å². The molecule has 1 atom stereocenters. The predicted molar refractivity (Wildman–Crippen MR) is 74.5 cm³/mol. The van der Waals surface area contributed by atoms with Gasteiger partial charge in [-0.25, -0.2) is 5.84 Å². The van der Waals surface area contributed by atoms with E-state index in [0.717, 1.165) is 5.56 Å². The number of carbonyl (C=O) groups excluding carboxylic acids is 1. The van der Waals surface area contributed by atoms with E-state index in [9.17, 15) is 4.79 Å². The van der Waals surface area contributed by atoms with Crippen LogP contribution >= 0.6 is 0 Å².